The first-order valence-electron chi connectivity index (χ1n) is 8.27. The van der Waals surface area contributed by atoms with Gasteiger partial charge >= 0.3 is 0 Å². The molecule has 1 saturated carbocycles. The summed E-state index contributed by atoms with van der Waals surface area (Å²) in [6.45, 7) is 7.39. The van der Waals surface area contributed by atoms with Crippen molar-refractivity contribution in [2.75, 3.05) is 40.3 Å². The van der Waals surface area contributed by atoms with Gasteiger partial charge in [0.1, 0.15) is 0 Å². The predicted octanol–water partition coefficient (Wildman–Crippen LogP) is 2.18. The number of hydrogen-bond donors (Lipinski definition) is 1. The normalized spacial score (nSPS) is 30.9. The zero-order chi connectivity index (χ0) is 13.7. The van der Waals surface area contributed by atoms with Gasteiger partial charge in [0, 0.05) is 25.2 Å². The van der Waals surface area contributed by atoms with Gasteiger partial charge < -0.3 is 15.1 Å². The fraction of sp³-hybridized carbons (Fsp3) is 1.00. The Bertz CT molecular complexity index is 238. The minimum Gasteiger partial charge on any atom is -0.313 e. The van der Waals surface area contributed by atoms with Crippen molar-refractivity contribution in [1.29, 1.82) is 0 Å². The summed E-state index contributed by atoms with van der Waals surface area (Å²) in [5.41, 5.74) is 0. The van der Waals surface area contributed by atoms with Crippen LogP contribution in [0.1, 0.15) is 45.4 Å². The lowest BCUT2D eigenvalue weighted by Crippen LogP contribution is -2.45. The molecule has 1 saturated heterocycles. The van der Waals surface area contributed by atoms with Crippen molar-refractivity contribution in [2.45, 2.75) is 57.5 Å². The molecule has 0 atom stereocenters. The smallest absolute Gasteiger partial charge is 0.0113 e. The minimum atomic E-state index is 0.801. The fourth-order valence-electron chi connectivity index (χ4n) is 3.55. The van der Waals surface area contributed by atoms with Gasteiger partial charge in [0.25, 0.3) is 0 Å². The Labute approximate surface area is 119 Å². The highest BCUT2D eigenvalue weighted by Crippen LogP contribution is 2.23. The summed E-state index contributed by atoms with van der Waals surface area (Å²) in [6, 6.07) is 1.61. The Morgan fingerprint density at radius 3 is 2.21 bits per heavy atom. The number of rotatable bonds is 5. The highest BCUT2D eigenvalue weighted by atomic mass is 15.2. The van der Waals surface area contributed by atoms with Crippen LogP contribution in [0, 0.1) is 5.92 Å². The van der Waals surface area contributed by atoms with E-state index in [9.17, 15) is 0 Å². The average Bonchev–Trinajstić information content (AvgIpc) is 2.41. The maximum Gasteiger partial charge on any atom is 0.0113 e. The van der Waals surface area contributed by atoms with E-state index < -0.39 is 0 Å². The maximum absolute atomic E-state index is 3.77. The van der Waals surface area contributed by atoms with E-state index in [1.165, 1.54) is 64.7 Å². The van der Waals surface area contributed by atoms with Crippen molar-refractivity contribution < 1.29 is 0 Å². The Morgan fingerprint density at radius 2 is 1.63 bits per heavy atom. The molecule has 112 valence electrons. The van der Waals surface area contributed by atoms with Crippen molar-refractivity contribution >= 4 is 0 Å². The molecule has 0 radical (unpaired) electrons. The second kappa shape index (κ2) is 7.61. The molecule has 0 aromatic heterocycles. The van der Waals surface area contributed by atoms with Crippen LogP contribution in [-0.4, -0.2) is 62.2 Å². The Balaban J connectivity index is 1.54. The second-order valence-corrected chi connectivity index (χ2v) is 6.95. The molecule has 19 heavy (non-hydrogen) atoms. The van der Waals surface area contributed by atoms with Crippen LogP contribution in [0.4, 0.5) is 0 Å². The molecule has 3 nitrogen and oxygen atoms in total. The molecule has 0 spiro atoms. The van der Waals surface area contributed by atoms with E-state index >= 15 is 0 Å². The lowest BCUT2D eigenvalue weighted by Gasteiger charge is -2.35. The number of nitrogens with zero attached hydrogens (tertiary/aromatic N) is 2. The molecular formula is C16H33N3. The molecule has 2 aliphatic rings. The topological polar surface area (TPSA) is 18.5 Å². The number of likely N-dealkylation sites (tertiary alicyclic amines) is 1. The number of piperidine rings is 1. The van der Waals surface area contributed by atoms with Crippen molar-refractivity contribution in [3.8, 4) is 0 Å². The van der Waals surface area contributed by atoms with Gasteiger partial charge in [-0.2, -0.15) is 0 Å². The zero-order valence-corrected chi connectivity index (χ0v) is 13.2. The van der Waals surface area contributed by atoms with Crippen LogP contribution in [0.25, 0.3) is 0 Å². The average molecular weight is 267 g/mol. The first-order chi connectivity index (χ1) is 9.15. The molecule has 2 fully saturated rings. The third-order valence-corrected chi connectivity index (χ3v) is 5.16. The van der Waals surface area contributed by atoms with E-state index in [1.807, 2.05) is 0 Å². The maximum atomic E-state index is 3.77. The van der Waals surface area contributed by atoms with Crippen LogP contribution in [0.2, 0.25) is 0 Å². The van der Waals surface area contributed by atoms with Gasteiger partial charge in [0.05, 0.1) is 0 Å². The van der Waals surface area contributed by atoms with Crippen molar-refractivity contribution in [1.82, 2.24) is 15.1 Å². The largest absolute Gasteiger partial charge is 0.313 e. The molecule has 2 rings (SSSR count). The Kier molecular flexibility index (Phi) is 6.11. The molecular weight excluding hydrogens is 234 g/mol. The van der Waals surface area contributed by atoms with E-state index in [0.717, 1.165) is 18.0 Å². The summed E-state index contributed by atoms with van der Waals surface area (Å²) in [7, 11) is 4.43. The molecule has 1 heterocycles. The van der Waals surface area contributed by atoms with Crippen molar-refractivity contribution in [2.24, 2.45) is 5.92 Å². The monoisotopic (exact) mass is 267 g/mol. The Hall–Kier alpha value is -0.120. The lowest BCUT2D eigenvalue weighted by molar-refractivity contribution is 0.143. The summed E-state index contributed by atoms with van der Waals surface area (Å²) in [6.07, 6.45) is 8.31. The fourth-order valence-corrected chi connectivity index (χ4v) is 3.55. The molecule has 3 heteroatoms. The highest BCUT2D eigenvalue weighted by molar-refractivity contribution is 4.79. The molecule has 0 unspecified atom stereocenters. The van der Waals surface area contributed by atoms with Gasteiger partial charge in [-0.1, -0.05) is 6.92 Å². The molecule has 0 aromatic rings. The van der Waals surface area contributed by atoms with Gasteiger partial charge in [-0.05, 0) is 71.6 Å². The minimum absolute atomic E-state index is 0.801. The van der Waals surface area contributed by atoms with E-state index in [0.29, 0.717) is 0 Å². The van der Waals surface area contributed by atoms with Crippen LogP contribution < -0.4 is 5.32 Å². The summed E-state index contributed by atoms with van der Waals surface area (Å²) in [4.78, 5) is 5.03. The first-order valence-corrected chi connectivity index (χ1v) is 8.27. The highest BCUT2D eigenvalue weighted by Gasteiger charge is 2.21. The van der Waals surface area contributed by atoms with E-state index in [-0.39, 0.29) is 0 Å². The number of hydrogen-bond acceptors (Lipinski definition) is 3. The van der Waals surface area contributed by atoms with Crippen LogP contribution in [0.15, 0.2) is 0 Å². The van der Waals surface area contributed by atoms with Gasteiger partial charge in [-0.15, -0.1) is 0 Å². The molecule has 1 aliphatic heterocycles. The standard InChI is InChI=1S/C16H33N3/c1-14-4-6-15(7-5-14)17-10-13-19-11-8-16(9-12-19)18(2)3/h14-17H,4-13H2,1-3H3. The van der Waals surface area contributed by atoms with Gasteiger partial charge in [0.2, 0.25) is 0 Å². The zero-order valence-electron chi connectivity index (χ0n) is 13.2. The quantitative estimate of drug-likeness (QED) is 0.824. The summed E-state index contributed by atoms with van der Waals surface area (Å²) >= 11 is 0. The first kappa shape index (κ1) is 15.3. The van der Waals surface area contributed by atoms with E-state index in [4.69, 9.17) is 0 Å². The SMILES string of the molecule is CC1CCC(NCCN2CCC(N(C)C)CC2)CC1. The molecule has 1 N–H and O–H groups in total. The van der Waals surface area contributed by atoms with Crippen LogP contribution in [-0.2, 0) is 0 Å². The lowest BCUT2D eigenvalue weighted by atomic mass is 9.87. The predicted molar refractivity (Wildman–Crippen MR) is 82.6 cm³/mol. The van der Waals surface area contributed by atoms with E-state index in [2.05, 4.69) is 36.1 Å². The van der Waals surface area contributed by atoms with Crippen molar-refractivity contribution in [3.05, 3.63) is 0 Å². The Morgan fingerprint density at radius 1 is 1.00 bits per heavy atom. The van der Waals surface area contributed by atoms with E-state index in [1.54, 1.807) is 0 Å². The van der Waals surface area contributed by atoms with Crippen LogP contribution >= 0.6 is 0 Å². The third-order valence-electron chi connectivity index (χ3n) is 5.16. The van der Waals surface area contributed by atoms with Crippen LogP contribution in [0.3, 0.4) is 0 Å². The van der Waals surface area contributed by atoms with Crippen LogP contribution in [0.5, 0.6) is 0 Å². The number of nitrogens with one attached hydrogen (secondary N) is 1. The summed E-state index contributed by atoms with van der Waals surface area (Å²) in [5.74, 6) is 0.961. The molecule has 0 amide bonds. The molecule has 0 aromatic carbocycles. The van der Waals surface area contributed by atoms with Gasteiger partial charge in [0.15, 0.2) is 0 Å². The van der Waals surface area contributed by atoms with Gasteiger partial charge in [-0.3, -0.25) is 0 Å². The summed E-state index contributed by atoms with van der Waals surface area (Å²) < 4.78 is 0. The third kappa shape index (κ3) is 5.05. The molecule has 0 bridgehead atoms. The molecule has 1 aliphatic carbocycles. The van der Waals surface area contributed by atoms with Gasteiger partial charge in [-0.25, -0.2) is 0 Å². The second-order valence-electron chi connectivity index (χ2n) is 6.95. The van der Waals surface area contributed by atoms with Crippen molar-refractivity contribution in [3.63, 3.8) is 0 Å². The summed E-state index contributed by atoms with van der Waals surface area (Å²) in [5, 5.41) is 3.77.